The average molecular weight is 417 g/mol. The lowest BCUT2D eigenvalue weighted by Gasteiger charge is -2.30. The van der Waals surface area contributed by atoms with Crippen molar-refractivity contribution in [2.75, 3.05) is 31.5 Å². The number of nitrogens with one attached hydrogen (secondary N) is 2. The summed E-state index contributed by atoms with van der Waals surface area (Å²) in [4.78, 5) is 5.47. The van der Waals surface area contributed by atoms with Gasteiger partial charge in [-0.3, -0.25) is 0 Å². The van der Waals surface area contributed by atoms with Crippen molar-refractivity contribution < 1.29 is 4.90 Å². The van der Waals surface area contributed by atoms with Gasteiger partial charge in [0.1, 0.15) is 0 Å². The highest BCUT2D eigenvalue weighted by Gasteiger charge is 2.20. The van der Waals surface area contributed by atoms with Crippen molar-refractivity contribution in [1.29, 1.82) is 0 Å². The summed E-state index contributed by atoms with van der Waals surface area (Å²) < 4.78 is 0. The average Bonchev–Trinajstić information content (AvgIpc) is 3.13. The van der Waals surface area contributed by atoms with E-state index in [0.29, 0.717) is 0 Å². The van der Waals surface area contributed by atoms with Crippen LogP contribution in [0.4, 0.5) is 5.69 Å². The van der Waals surface area contributed by atoms with E-state index in [9.17, 15) is 0 Å². The molecule has 0 radical (unpaired) electrons. The molecule has 2 atom stereocenters. The van der Waals surface area contributed by atoms with E-state index in [-0.39, 0.29) is 0 Å². The molecule has 152 valence electrons. The summed E-state index contributed by atoms with van der Waals surface area (Å²) in [5.41, 5.74) is 3.62. The monoisotopic (exact) mass is 416 g/mol. The number of rotatable bonds is 7. The molecule has 0 spiro atoms. The van der Waals surface area contributed by atoms with Crippen LogP contribution in [0.3, 0.4) is 0 Å². The Kier molecular flexibility index (Phi) is 7.89. The zero-order chi connectivity index (χ0) is 19.9. The van der Waals surface area contributed by atoms with Crippen molar-refractivity contribution in [3.05, 3.63) is 51.7 Å². The van der Waals surface area contributed by atoms with E-state index in [1.165, 1.54) is 54.9 Å². The minimum atomic E-state index is 0.834. The molecule has 1 aromatic carbocycles. The van der Waals surface area contributed by atoms with Gasteiger partial charge < -0.3 is 15.1 Å². The summed E-state index contributed by atoms with van der Waals surface area (Å²) in [6.07, 6.45) is 3.96. The second-order valence-electron chi connectivity index (χ2n) is 8.36. The molecule has 2 aromatic rings. The van der Waals surface area contributed by atoms with Crippen LogP contribution >= 0.6 is 23.6 Å². The summed E-state index contributed by atoms with van der Waals surface area (Å²) >= 11 is 7.63. The molecule has 0 saturated carbocycles. The third kappa shape index (κ3) is 6.57. The summed E-state index contributed by atoms with van der Waals surface area (Å²) in [5.74, 6) is 0.873. The number of hydrogen-bond donors (Lipinski definition) is 2. The van der Waals surface area contributed by atoms with Crippen LogP contribution in [0.2, 0.25) is 0 Å². The van der Waals surface area contributed by atoms with Crippen LogP contribution in [0.15, 0.2) is 35.7 Å². The molecule has 1 aliphatic rings. The van der Waals surface area contributed by atoms with Crippen molar-refractivity contribution >= 4 is 34.4 Å². The van der Waals surface area contributed by atoms with Gasteiger partial charge in [-0.1, -0.05) is 19.1 Å². The number of quaternary nitrogens is 1. The number of thiophene rings is 1. The Morgan fingerprint density at radius 3 is 2.75 bits per heavy atom. The van der Waals surface area contributed by atoms with Gasteiger partial charge in [0.15, 0.2) is 5.11 Å². The maximum atomic E-state index is 5.82. The summed E-state index contributed by atoms with van der Waals surface area (Å²) in [5, 5.41) is 6.47. The lowest BCUT2D eigenvalue weighted by molar-refractivity contribution is -0.908. The number of likely N-dealkylation sites (tertiary alicyclic amines) is 1. The largest absolute Gasteiger partial charge is 0.344 e. The number of aryl methyl sites for hydroxylation is 2. The number of nitrogens with zero attached hydrogens (tertiary/aromatic N) is 1. The van der Waals surface area contributed by atoms with Crippen molar-refractivity contribution in [3.63, 3.8) is 0 Å². The molecule has 1 aromatic heterocycles. The second kappa shape index (κ2) is 10.4. The van der Waals surface area contributed by atoms with E-state index >= 15 is 0 Å². The van der Waals surface area contributed by atoms with Crippen LogP contribution in [0.1, 0.15) is 42.2 Å². The SMILES string of the molecule is Cc1cc(C)cc(NC(=S)N(CCC[NH+]2CCCC(C)C2)Cc2cccs2)c1. The molecule has 5 heteroatoms. The molecule has 2 heterocycles. The van der Waals surface area contributed by atoms with Gasteiger partial charge in [0.05, 0.1) is 26.2 Å². The van der Waals surface area contributed by atoms with Crippen LogP contribution in [0.5, 0.6) is 0 Å². The van der Waals surface area contributed by atoms with Crippen LogP contribution in [-0.4, -0.2) is 36.2 Å². The zero-order valence-corrected chi connectivity index (χ0v) is 19.1. The molecule has 1 aliphatic heterocycles. The molecule has 1 saturated heterocycles. The predicted octanol–water partition coefficient (Wildman–Crippen LogP) is 4.27. The minimum Gasteiger partial charge on any atom is -0.344 e. The Labute approximate surface area is 179 Å². The highest BCUT2D eigenvalue weighted by Crippen LogP contribution is 2.17. The van der Waals surface area contributed by atoms with E-state index < -0.39 is 0 Å². The maximum absolute atomic E-state index is 5.82. The maximum Gasteiger partial charge on any atom is 0.173 e. The van der Waals surface area contributed by atoms with Gasteiger partial charge in [0.2, 0.25) is 0 Å². The fraction of sp³-hybridized carbons (Fsp3) is 0.522. The van der Waals surface area contributed by atoms with Crippen LogP contribution in [0.25, 0.3) is 0 Å². The standard InChI is InChI=1S/C23H33N3S2/c1-18-7-4-9-25(16-18)10-6-11-26(17-22-8-5-12-28-22)23(27)24-21-14-19(2)13-20(3)15-21/h5,8,12-15,18H,4,6-7,9-11,16-17H2,1-3H3,(H,24,27)/p+1. The van der Waals surface area contributed by atoms with E-state index in [1.54, 1.807) is 4.90 Å². The van der Waals surface area contributed by atoms with Crippen molar-refractivity contribution in [2.45, 2.75) is 46.6 Å². The number of piperidine rings is 1. The number of anilines is 1. The van der Waals surface area contributed by atoms with Gasteiger partial charge in [0.25, 0.3) is 0 Å². The molecule has 2 unspecified atom stereocenters. The van der Waals surface area contributed by atoms with Gasteiger partial charge in [-0.15, -0.1) is 11.3 Å². The molecular formula is C23H34N3S2+. The predicted molar refractivity (Wildman–Crippen MR) is 125 cm³/mol. The van der Waals surface area contributed by atoms with E-state index in [2.05, 4.69) is 66.7 Å². The Morgan fingerprint density at radius 2 is 2.07 bits per heavy atom. The minimum absolute atomic E-state index is 0.834. The number of benzene rings is 1. The van der Waals surface area contributed by atoms with E-state index in [4.69, 9.17) is 12.2 Å². The van der Waals surface area contributed by atoms with Crippen molar-refractivity contribution in [1.82, 2.24) is 4.90 Å². The van der Waals surface area contributed by atoms with Crippen LogP contribution < -0.4 is 10.2 Å². The van der Waals surface area contributed by atoms with E-state index in [1.807, 2.05) is 11.3 Å². The normalized spacial score (nSPS) is 19.4. The highest BCUT2D eigenvalue weighted by molar-refractivity contribution is 7.80. The Bertz CT molecular complexity index is 737. The molecule has 0 amide bonds. The molecule has 0 aliphatic carbocycles. The smallest absolute Gasteiger partial charge is 0.173 e. The highest BCUT2D eigenvalue weighted by atomic mass is 32.1. The first kappa shape index (κ1) is 21.3. The molecular weight excluding hydrogens is 382 g/mol. The van der Waals surface area contributed by atoms with Crippen molar-refractivity contribution in [2.24, 2.45) is 5.92 Å². The van der Waals surface area contributed by atoms with Gasteiger partial charge in [-0.05, 0) is 73.6 Å². The Hall–Kier alpha value is -1.43. The fourth-order valence-electron chi connectivity index (χ4n) is 4.24. The van der Waals surface area contributed by atoms with Gasteiger partial charge >= 0.3 is 0 Å². The molecule has 3 rings (SSSR count). The first-order chi connectivity index (χ1) is 13.5. The van der Waals surface area contributed by atoms with Gasteiger partial charge in [-0.2, -0.15) is 0 Å². The molecule has 28 heavy (non-hydrogen) atoms. The van der Waals surface area contributed by atoms with E-state index in [0.717, 1.165) is 29.8 Å². The van der Waals surface area contributed by atoms with Gasteiger partial charge in [0, 0.05) is 29.4 Å². The molecule has 3 nitrogen and oxygen atoms in total. The molecule has 2 N–H and O–H groups in total. The van der Waals surface area contributed by atoms with Gasteiger partial charge in [-0.25, -0.2) is 0 Å². The summed E-state index contributed by atoms with van der Waals surface area (Å²) in [6, 6.07) is 10.9. The summed E-state index contributed by atoms with van der Waals surface area (Å²) in [6.45, 7) is 12.5. The first-order valence-electron chi connectivity index (χ1n) is 10.5. The number of hydrogen-bond acceptors (Lipinski definition) is 2. The third-order valence-corrected chi connectivity index (χ3v) is 6.73. The Morgan fingerprint density at radius 1 is 1.29 bits per heavy atom. The molecule has 1 fully saturated rings. The fourth-order valence-corrected chi connectivity index (χ4v) is 5.23. The zero-order valence-electron chi connectivity index (χ0n) is 17.5. The quantitative estimate of drug-likeness (QED) is 0.658. The van der Waals surface area contributed by atoms with Crippen molar-refractivity contribution in [3.8, 4) is 0 Å². The lowest BCUT2D eigenvalue weighted by atomic mass is 10.0. The summed E-state index contributed by atoms with van der Waals surface area (Å²) in [7, 11) is 0. The number of thiocarbonyl (C=S) groups is 1. The third-order valence-electron chi connectivity index (χ3n) is 5.51. The second-order valence-corrected chi connectivity index (χ2v) is 9.78. The van der Waals surface area contributed by atoms with Crippen LogP contribution in [0, 0.1) is 19.8 Å². The first-order valence-corrected chi connectivity index (χ1v) is 11.8. The topological polar surface area (TPSA) is 19.7 Å². The van der Waals surface area contributed by atoms with Crippen LogP contribution in [-0.2, 0) is 6.54 Å². The Balaban J connectivity index is 1.59. The lowest BCUT2D eigenvalue weighted by Crippen LogP contribution is -3.13. The molecule has 0 bridgehead atoms.